The average molecular weight is 255 g/mol. The van der Waals surface area contributed by atoms with Gasteiger partial charge in [0.05, 0.1) is 0 Å². The van der Waals surface area contributed by atoms with Gasteiger partial charge in [-0.1, -0.05) is 28.1 Å². The molecule has 0 amide bonds. The Balaban J connectivity index is 2.93. The summed E-state index contributed by atoms with van der Waals surface area (Å²) in [4.78, 5) is 10.4. The minimum atomic E-state index is 0.0513. The van der Waals surface area contributed by atoms with Crippen LogP contribution >= 0.6 is 15.9 Å². The predicted octanol–water partition coefficient (Wildman–Crippen LogP) is 2.41. The average Bonchev–Trinajstić information content (AvgIpc) is 2.19. The molecule has 14 heavy (non-hydrogen) atoms. The maximum absolute atomic E-state index is 10.4. The molecule has 0 aromatic heterocycles. The summed E-state index contributed by atoms with van der Waals surface area (Å²) in [7, 11) is 0. The van der Waals surface area contributed by atoms with Gasteiger partial charge in [0, 0.05) is 11.1 Å². The van der Waals surface area contributed by atoms with Crippen LogP contribution < -0.4 is 0 Å². The van der Waals surface area contributed by atoms with E-state index < -0.39 is 0 Å². The molecule has 0 fully saturated rings. The van der Waals surface area contributed by atoms with E-state index in [1.165, 1.54) is 6.08 Å². The summed E-state index contributed by atoms with van der Waals surface area (Å²) < 4.78 is 0.996. The number of carbonyl (C=O) groups is 1. The van der Waals surface area contributed by atoms with E-state index in [1.54, 1.807) is 0 Å². The Hall–Kier alpha value is -0.930. The van der Waals surface area contributed by atoms with Crippen molar-refractivity contribution < 1.29 is 9.90 Å². The van der Waals surface area contributed by atoms with Gasteiger partial charge >= 0.3 is 0 Å². The Morgan fingerprint density at radius 1 is 1.36 bits per heavy atom. The Kier molecular flexibility index (Phi) is 4.56. The van der Waals surface area contributed by atoms with Gasteiger partial charge < -0.3 is 5.11 Å². The van der Waals surface area contributed by atoms with E-state index in [4.69, 9.17) is 5.11 Å². The van der Waals surface area contributed by atoms with E-state index in [2.05, 4.69) is 15.9 Å². The molecular weight excluding hydrogens is 244 g/mol. The lowest BCUT2D eigenvalue weighted by molar-refractivity contribution is -0.104. The number of aliphatic hydroxyl groups excluding tert-OH is 1. The van der Waals surface area contributed by atoms with E-state index in [9.17, 15) is 4.79 Å². The van der Waals surface area contributed by atoms with Gasteiger partial charge in [-0.25, -0.2) is 0 Å². The van der Waals surface area contributed by atoms with Crippen molar-refractivity contribution in [1.82, 2.24) is 0 Å². The first-order valence-electron chi connectivity index (χ1n) is 4.29. The maximum Gasteiger partial charge on any atom is 0.143 e. The van der Waals surface area contributed by atoms with Gasteiger partial charge in [0.15, 0.2) is 0 Å². The van der Waals surface area contributed by atoms with E-state index in [0.717, 1.165) is 21.9 Å². The predicted molar refractivity (Wildman–Crippen MR) is 59.9 cm³/mol. The van der Waals surface area contributed by atoms with Crippen LogP contribution in [0.3, 0.4) is 0 Å². The van der Waals surface area contributed by atoms with Crippen molar-refractivity contribution in [3.8, 4) is 0 Å². The first kappa shape index (κ1) is 11.1. The minimum absolute atomic E-state index is 0.0513. The lowest BCUT2D eigenvalue weighted by Gasteiger charge is -2.04. The number of hydrogen-bond donors (Lipinski definition) is 1. The molecule has 1 N–H and O–H groups in total. The molecule has 3 heteroatoms. The van der Waals surface area contributed by atoms with Gasteiger partial charge in [-0.15, -0.1) is 0 Å². The summed E-state index contributed by atoms with van der Waals surface area (Å²) in [6, 6.07) is 7.64. The number of aliphatic hydroxyl groups is 1. The quantitative estimate of drug-likeness (QED) is 0.662. The molecule has 0 atom stereocenters. The van der Waals surface area contributed by atoms with Gasteiger partial charge in [-0.05, 0) is 35.8 Å². The SMILES string of the molecule is O=CC=C(CCO)c1ccc(Br)cc1. The van der Waals surface area contributed by atoms with Crippen LogP contribution in [0.1, 0.15) is 12.0 Å². The van der Waals surface area contributed by atoms with Gasteiger partial charge in [-0.3, -0.25) is 4.79 Å². The Morgan fingerprint density at radius 3 is 2.50 bits per heavy atom. The van der Waals surface area contributed by atoms with E-state index in [-0.39, 0.29) is 6.61 Å². The molecule has 0 aliphatic heterocycles. The summed E-state index contributed by atoms with van der Waals surface area (Å²) in [5.41, 5.74) is 1.82. The Bertz CT molecular complexity index is 328. The van der Waals surface area contributed by atoms with Crippen LogP contribution in [0.15, 0.2) is 34.8 Å². The fourth-order valence-electron chi connectivity index (χ4n) is 1.19. The van der Waals surface area contributed by atoms with Crippen LogP contribution in [-0.2, 0) is 4.79 Å². The molecule has 1 aromatic rings. The summed E-state index contributed by atoms with van der Waals surface area (Å²) >= 11 is 3.33. The molecule has 2 nitrogen and oxygen atoms in total. The highest BCUT2D eigenvalue weighted by Gasteiger charge is 2.00. The van der Waals surface area contributed by atoms with Crippen molar-refractivity contribution in [1.29, 1.82) is 0 Å². The number of halogens is 1. The van der Waals surface area contributed by atoms with Crippen molar-refractivity contribution >= 4 is 27.8 Å². The highest BCUT2D eigenvalue weighted by atomic mass is 79.9. The van der Waals surface area contributed by atoms with E-state index >= 15 is 0 Å². The lowest BCUT2D eigenvalue weighted by Crippen LogP contribution is -1.89. The number of carbonyl (C=O) groups excluding carboxylic acids is 1. The zero-order valence-electron chi connectivity index (χ0n) is 7.61. The van der Waals surface area contributed by atoms with Crippen LogP contribution in [-0.4, -0.2) is 18.0 Å². The van der Waals surface area contributed by atoms with Gasteiger partial charge in [0.1, 0.15) is 6.29 Å². The number of aldehydes is 1. The molecule has 1 aromatic carbocycles. The number of benzene rings is 1. The fraction of sp³-hybridized carbons (Fsp3) is 0.182. The second-order valence-corrected chi connectivity index (χ2v) is 3.72. The monoisotopic (exact) mass is 254 g/mol. The van der Waals surface area contributed by atoms with Crippen LogP contribution in [0.2, 0.25) is 0 Å². The molecule has 0 radical (unpaired) electrons. The first-order chi connectivity index (χ1) is 6.77. The van der Waals surface area contributed by atoms with Gasteiger partial charge in [0.25, 0.3) is 0 Å². The van der Waals surface area contributed by atoms with Crippen molar-refractivity contribution in [2.24, 2.45) is 0 Å². The Labute approximate surface area is 91.4 Å². The largest absolute Gasteiger partial charge is 0.396 e. The summed E-state index contributed by atoms with van der Waals surface area (Å²) in [6.45, 7) is 0.0513. The van der Waals surface area contributed by atoms with Gasteiger partial charge in [-0.2, -0.15) is 0 Å². The Morgan fingerprint density at radius 2 is 2.00 bits per heavy atom. The lowest BCUT2D eigenvalue weighted by atomic mass is 10.0. The van der Waals surface area contributed by atoms with E-state index in [1.807, 2.05) is 24.3 Å². The molecular formula is C11H11BrO2. The highest BCUT2D eigenvalue weighted by Crippen LogP contribution is 2.19. The van der Waals surface area contributed by atoms with Crippen LogP contribution in [0.25, 0.3) is 5.57 Å². The fourth-order valence-corrected chi connectivity index (χ4v) is 1.45. The first-order valence-corrected chi connectivity index (χ1v) is 5.08. The summed E-state index contributed by atoms with van der Waals surface area (Å²) in [6.07, 6.45) is 2.73. The molecule has 0 saturated carbocycles. The molecule has 0 unspecified atom stereocenters. The highest BCUT2D eigenvalue weighted by molar-refractivity contribution is 9.10. The second-order valence-electron chi connectivity index (χ2n) is 2.81. The summed E-state index contributed by atoms with van der Waals surface area (Å²) in [5, 5.41) is 8.81. The maximum atomic E-state index is 10.4. The molecule has 0 saturated heterocycles. The smallest absolute Gasteiger partial charge is 0.143 e. The molecule has 0 spiro atoms. The topological polar surface area (TPSA) is 37.3 Å². The molecule has 0 aliphatic rings. The van der Waals surface area contributed by atoms with Gasteiger partial charge in [0.2, 0.25) is 0 Å². The van der Waals surface area contributed by atoms with E-state index in [0.29, 0.717) is 6.42 Å². The van der Waals surface area contributed by atoms with Crippen molar-refractivity contribution in [2.75, 3.05) is 6.61 Å². The van der Waals surface area contributed by atoms with Crippen molar-refractivity contribution in [3.63, 3.8) is 0 Å². The molecule has 1 rings (SSSR count). The zero-order valence-corrected chi connectivity index (χ0v) is 9.20. The number of hydrogen-bond acceptors (Lipinski definition) is 2. The number of allylic oxidation sites excluding steroid dienone is 1. The molecule has 74 valence electrons. The zero-order chi connectivity index (χ0) is 10.4. The third-order valence-corrected chi connectivity index (χ3v) is 2.39. The van der Waals surface area contributed by atoms with Crippen LogP contribution in [0.5, 0.6) is 0 Å². The summed E-state index contributed by atoms with van der Waals surface area (Å²) in [5.74, 6) is 0. The molecule has 0 aliphatic carbocycles. The third kappa shape index (κ3) is 3.09. The molecule has 0 bridgehead atoms. The second kappa shape index (κ2) is 5.73. The third-order valence-electron chi connectivity index (χ3n) is 1.87. The van der Waals surface area contributed by atoms with Crippen molar-refractivity contribution in [3.05, 3.63) is 40.4 Å². The minimum Gasteiger partial charge on any atom is -0.396 e. The van der Waals surface area contributed by atoms with Crippen LogP contribution in [0.4, 0.5) is 0 Å². The standard InChI is InChI=1S/C11H11BrO2/c12-11-3-1-9(2-4-11)10(5-7-13)6-8-14/h1-5,7,14H,6,8H2. The normalized spacial score (nSPS) is 11.4. The molecule has 0 heterocycles. The van der Waals surface area contributed by atoms with Crippen LogP contribution in [0, 0.1) is 0 Å². The number of rotatable bonds is 4. The van der Waals surface area contributed by atoms with Crippen molar-refractivity contribution in [2.45, 2.75) is 6.42 Å².